The van der Waals surface area contributed by atoms with E-state index in [1.165, 1.54) is 11.3 Å². The second kappa shape index (κ2) is 9.47. The van der Waals surface area contributed by atoms with Crippen molar-refractivity contribution in [2.45, 2.75) is 59.1 Å². The lowest BCUT2D eigenvalue weighted by atomic mass is 9.97. The van der Waals surface area contributed by atoms with Crippen LogP contribution in [0.5, 0.6) is 0 Å². The highest BCUT2D eigenvalue weighted by atomic mass is 32.1. The molecule has 1 atom stereocenters. The van der Waals surface area contributed by atoms with E-state index in [0.717, 1.165) is 29.3 Å². The molecule has 164 valence electrons. The maximum absolute atomic E-state index is 13.1. The number of likely N-dealkylation sites (tertiary alicyclic amines) is 1. The third kappa shape index (κ3) is 5.82. The largest absolute Gasteiger partial charge is 0.444 e. The second-order valence-electron chi connectivity index (χ2n) is 8.99. The van der Waals surface area contributed by atoms with Crippen LogP contribution in [0.2, 0.25) is 0 Å². The molecule has 0 spiro atoms. The van der Waals surface area contributed by atoms with Gasteiger partial charge in [0.1, 0.15) is 15.5 Å². The molecule has 8 heteroatoms. The van der Waals surface area contributed by atoms with Crippen LogP contribution in [0.4, 0.5) is 4.79 Å². The Balaban J connectivity index is 1.64. The van der Waals surface area contributed by atoms with Crippen LogP contribution >= 0.6 is 22.7 Å². The van der Waals surface area contributed by atoms with Crippen molar-refractivity contribution in [2.24, 2.45) is 5.92 Å². The maximum atomic E-state index is 13.1. The monoisotopic (exact) mass is 449 g/mol. The van der Waals surface area contributed by atoms with Crippen molar-refractivity contribution in [3.8, 4) is 9.88 Å². The first-order valence-corrected chi connectivity index (χ1v) is 12.1. The van der Waals surface area contributed by atoms with E-state index >= 15 is 0 Å². The number of piperidine rings is 1. The van der Waals surface area contributed by atoms with Gasteiger partial charge in [-0.1, -0.05) is 6.07 Å². The minimum Gasteiger partial charge on any atom is -0.444 e. The van der Waals surface area contributed by atoms with Crippen molar-refractivity contribution >= 4 is 34.7 Å². The van der Waals surface area contributed by atoms with Crippen molar-refractivity contribution in [2.75, 3.05) is 19.6 Å². The van der Waals surface area contributed by atoms with Crippen LogP contribution < -0.4 is 0 Å². The molecule has 0 radical (unpaired) electrons. The Morgan fingerprint density at radius 1 is 1.37 bits per heavy atom. The number of ether oxygens (including phenoxy) is 1. The third-order valence-corrected chi connectivity index (χ3v) is 6.99. The van der Waals surface area contributed by atoms with Crippen molar-refractivity contribution < 1.29 is 14.3 Å². The van der Waals surface area contributed by atoms with E-state index in [0.29, 0.717) is 18.0 Å². The van der Waals surface area contributed by atoms with Crippen LogP contribution in [-0.2, 0) is 4.74 Å². The van der Waals surface area contributed by atoms with Crippen molar-refractivity contribution in [3.63, 3.8) is 0 Å². The summed E-state index contributed by atoms with van der Waals surface area (Å²) in [4.78, 5) is 35.6. The predicted molar refractivity (Wildman–Crippen MR) is 122 cm³/mol. The molecule has 0 aromatic carbocycles. The van der Waals surface area contributed by atoms with Gasteiger partial charge >= 0.3 is 6.09 Å². The topological polar surface area (TPSA) is 62.7 Å². The van der Waals surface area contributed by atoms with Gasteiger partial charge in [-0.25, -0.2) is 9.78 Å². The summed E-state index contributed by atoms with van der Waals surface area (Å²) >= 11 is 3.07. The van der Waals surface area contributed by atoms with Crippen LogP contribution in [0.3, 0.4) is 0 Å². The van der Waals surface area contributed by atoms with Gasteiger partial charge in [0.2, 0.25) is 0 Å². The zero-order chi connectivity index (χ0) is 21.9. The highest BCUT2D eigenvalue weighted by Gasteiger charge is 2.31. The molecule has 30 heavy (non-hydrogen) atoms. The zero-order valence-corrected chi connectivity index (χ0v) is 20.0. The first-order valence-electron chi connectivity index (χ1n) is 10.4. The molecule has 1 aliphatic heterocycles. The Morgan fingerprint density at radius 3 is 2.77 bits per heavy atom. The average molecular weight is 450 g/mol. The van der Waals surface area contributed by atoms with E-state index in [1.807, 2.05) is 57.0 Å². The Bertz CT molecular complexity index is 855. The Kier molecular flexibility index (Phi) is 7.18. The molecule has 0 bridgehead atoms. The van der Waals surface area contributed by atoms with Gasteiger partial charge in [-0.05, 0) is 64.8 Å². The minimum absolute atomic E-state index is 0.0355. The summed E-state index contributed by atoms with van der Waals surface area (Å²) in [5, 5.41) is 2.90. The Morgan fingerprint density at radius 2 is 2.13 bits per heavy atom. The number of rotatable bonds is 5. The Hall–Kier alpha value is -1.93. The molecular weight excluding hydrogens is 418 g/mol. The van der Waals surface area contributed by atoms with E-state index in [9.17, 15) is 9.59 Å². The number of hydrogen-bond acceptors (Lipinski definition) is 6. The van der Waals surface area contributed by atoms with Crippen LogP contribution in [0.25, 0.3) is 9.88 Å². The number of hydrogen-bond donors (Lipinski definition) is 0. The van der Waals surface area contributed by atoms with Crippen LogP contribution in [0.1, 0.15) is 57.1 Å². The number of aromatic nitrogens is 1. The average Bonchev–Trinajstić information content (AvgIpc) is 3.35. The Labute approximate surface area is 186 Å². The van der Waals surface area contributed by atoms with Gasteiger partial charge in [0.25, 0.3) is 5.91 Å². The quantitative estimate of drug-likeness (QED) is 0.616. The smallest absolute Gasteiger partial charge is 0.410 e. The van der Waals surface area contributed by atoms with Crippen LogP contribution in [-0.4, -0.2) is 58.1 Å². The molecule has 1 unspecified atom stereocenters. The van der Waals surface area contributed by atoms with E-state index in [4.69, 9.17) is 4.74 Å². The summed E-state index contributed by atoms with van der Waals surface area (Å²) < 4.78 is 5.59. The molecule has 3 rings (SSSR count). The van der Waals surface area contributed by atoms with Gasteiger partial charge in [-0.3, -0.25) is 4.79 Å². The van der Waals surface area contributed by atoms with E-state index in [1.54, 1.807) is 22.4 Å². The molecule has 2 aromatic rings. The second-order valence-corrected chi connectivity index (χ2v) is 11.0. The number of thiazole rings is 1. The number of amides is 2. The molecule has 0 aliphatic carbocycles. The molecule has 0 saturated carbocycles. The van der Waals surface area contributed by atoms with Crippen molar-refractivity contribution in [1.82, 2.24) is 14.8 Å². The van der Waals surface area contributed by atoms with E-state index in [2.05, 4.69) is 4.98 Å². The van der Waals surface area contributed by atoms with E-state index in [-0.39, 0.29) is 24.0 Å². The third-order valence-electron chi connectivity index (χ3n) is 4.96. The highest BCUT2D eigenvalue weighted by Crippen LogP contribution is 2.30. The molecule has 3 heterocycles. The number of carbonyl (C=O) groups excluding carboxylic acids is 2. The summed E-state index contributed by atoms with van der Waals surface area (Å²) in [6.07, 6.45) is 3.34. The van der Waals surface area contributed by atoms with Crippen molar-refractivity contribution in [1.29, 1.82) is 0 Å². The minimum atomic E-state index is -0.523. The fraction of sp³-hybridized carbons (Fsp3) is 0.591. The summed E-state index contributed by atoms with van der Waals surface area (Å²) in [6.45, 7) is 11.6. The fourth-order valence-electron chi connectivity index (χ4n) is 3.54. The standard InChI is InChI=1S/C22H31N3O3S2/c1-15(2)25(21(27)28-22(3,4)5)14-16-8-6-10-24(13-16)20(26)18-12-23-19(30-18)17-9-7-11-29-17/h7,9,11-12,15-16H,6,8,10,13-14H2,1-5H3. The first kappa shape index (κ1) is 22.7. The molecule has 1 fully saturated rings. The van der Waals surface area contributed by atoms with Crippen LogP contribution in [0, 0.1) is 5.92 Å². The van der Waals surface area contributed by atoms with Gasteiger partial charge in [0, 0.05) is 25.7 Å². The normalized spacial score (nSPS) is 17.3. The first-order chi connectivity index (χ1) is 14.1. The molecule has 2 amide bonds. The highest BCUT2D eigenvalue weighted by molar-refractivity contribution is 7.21. The summed E-state index contributed by atoms with van der Waals surface area (Å²) in [5.41, 5.74) is -0.523. The van der Waals surface area contributed by atoms with Crippen molar-refractivity contribution in [3.05, 3.63) is 28.6 Å². The fourth-order valence-corrected chi connectivity index (χ4v) is 5.22. The molecule has 1 aliphatic rings. The van der Waals surface area contributed by atoms with Gasteiger partial charge in [-0.2, -0.15) is 0 Å². The van der Waals surface area contributed by atoms with Gasteiger partial charge in [0.15, 0.2) is 0 Å². The van der Waals surface area contributed by atoms with E-state index < -0.39 is 5.60 Å². The van der Waals surface area contributed by atoms with Gasteiger partial charge in [-0.15, -0.1) is 22.7 Å². The summed E-state index contributed by atoms with van der Waals surface area (Å²) in [5.74, 6) is 0.274. The van der Waals surface area contributed by atoms with Crippen LogP contribution in [0.15, 0.2) is 23.7 Å². The van der Waals surface area contributed by atoms with Gasteiger partial charge < -0.3 is 14.5 Å². The summed E-state index contributed by atoms with van der Waals surface area (Å²) in [6, 6.07) is 4.05. The summed E-state index contributed by atoms with van der Waals surface area (Å²) in [7, 11) is 0. The lowest BCUT2D eigenvalue weighted by molar-refractivity contribution is 0.0124. The predicted octanol–water partition coefficient (Wildman–Crippen LogP) is 5.37. The SMILES string of the molecule is CC(C)N(CC1CCCN(C(=O)c2cnc(-c3cccs3)s2)C1)C(=O)OC(C)(C)C. The zero-order valence-electron chi connectivity index (χ0n) is 18.4. The molecular formula is C22H31N3O3S2. The molecule has 1 saturated heterocycles. The maximum Gasteiger partial charge on any atom is 0.410 e. The number of thiophene rings is 1. The number of nitrogens with zero attached hydrogens (tertiary/aromatic N) is 3. The molecule has 6 nitrogen and oxygen atoms in total. The lowest BCUT2D eigenvalue weighted by Crippen LogP contribution is -2.48. The lowest BCUT2D eigenvalue weighted by Gasteiger charge is -2.37. The van der Waals surface area contributed by atoms with Gasteiger partial charge in [0.05, 0.1) is 11.1 Å². The molecule has 2 aromatic heterocycles. The number of carbonyl (C=O) groups is 2. The molecule has 0 N–H and O–H groups in total.